The molecule has 0 unspecified atom stereocenters. The summed E-state index contributed by atoms with van der Waals surface area (Å²) in [6.45, 7) is 3.75. The first-order valence-corrected chi connectivity index (χ1v) is 14.0. The lowest BCUT2D eigenvalue weighted by atomic mass is 9.49. The Morgan fingerprint density at radius 1 is 0.886 bits per heavy atom. The number of nitrogens with zero attached hydrogens (tertiary/aromatic N) is 1. The molecule has 1 N–H and O–H groups in total. The van der Waals surface area contributed by atoms with E-state index in [2.05, 4.69) is 12.4 Å². The van der Waals surface area contributed by atoms with Gasteiger partial charge >= 0.3 is 0 Å². The maximum Gasteiger partial charge on any atom is 0.232 e. The molecule has 184 valence electrons. The van der Waals surface area contributed by atoms with E-state index in [0.29, 0.717) is 5.41 Å². The molecule has 8 rings (SSSR count). The van der Waals surface area contributed by atoms with Crippen molar-refractivity contribution in [3.05, 3.63) is 59.7 Å². The van der Waals surface area contributed by atoms with Gasteiger partial charge in [0.2, 0.25) is 5.91 Å². The third-order valence-corrected chi connectivity index (χ3v) is 10.2. The molecule has 0 atom stereocenters. The van der Waals surface area contributed by atoms with E-state index in [-0.39, 0.29) is 17.9 Å². The predicted molar refractivity (Wildman–Crippen MR) is 137 cm³/mol. The Morgan fingerprint density at radius 2 is 1.40 bits per heavy atom. The maximum absolute atomic E-state index is 13.7. The number of carbonyl (C=O) groups excluding carboxylic acids is 1. The number of amides is 1. The van der Waals surface area contributed by atoms with Crippen LogP contribution in [0.4, 0.5) is 0 Å². The van der Waals surface area contributed by atoms with E-state index in [9.17, 15) is 4.79 Å². The Morgan fingerprint density at radius 3 is 1.94 bits per heavy atom. The van der Waals surface area contributed by atoms with Gasteiger partial charge in [0.1, 0.15) is 11.5 Å². The van der Waals surface area contributed by atoms with Gasteiger partial charge in [-0.2, -0.15) is 0 Å². The largest absolute Gasteiger partial charge is 0.457 e. The summed E-state index contributed by atoms with van der Waals surface area (Å²) >= 11 is 0. The molecular formula is C31H39N2O2+. The van der Waals surface area contributed by atoms with Crippen molar-refractivity contribution in [2.45, 2.75) is 63.3 Å². The van der Waals surface area contributed by atoms with Gasteiger partial charge in [-0.05, 0) is 68.4 Å². The smallest absolute Gasteiger partial charge is 0.232 e. The number of likely N-dealkylation sites (tertiary alicyclic amines) is 1. The minimum Gasteiger partial charge on any atom is -0.457 e. The Labute approximate surface area is 209 Å². The van der Waals surface area contributed by atoms with Crippen molar-refractivity contribution in [2.24, 2.45) is 23.2 Å². The Kier molecular flexibility index (Phi) is 5.07. The van der Waals surface area contributed by atoms with E-state index in [0.717, 1.165) is 53.2 Å². The first-order chi connectivity index (χ1) is 17.0. The van der Waals surface area contributed by atoms with Gasteiger partial charge < -0.3 is 14.5 Å². The molecule has 0 aromatic heterocycles. The lowest BCUT2D eigenvalue weighted by Gasteiger charge is -2.59. The van der Waals surface area contributed by atoms with Crippen LogP contribution in [-0.4, -0.2) is 43.1 Å². The molecule has 4 nitrogen and oxygen atoms in total. The van der Waals surface area contributed by atoms with Gasteiger partial charge in [0.15, 0.2) is 0 Å². The molecule has 2 aliphatic heterocycles. The monoisotopic (exact) mass is 471 g/mol. The summed E-state index contributed by atoms with van der Waals surface area (Å²) < 4.78 is 7.32. The van der Waals surface area contributed by atoms with Crippen LogP contribution in [0.3, 0.4) is 0 Å². The number of hydrogen-bond donors (Lipinski definition) is 1. The molecule has 1 amide bonds. The van der Waals surface area contributed by atoms with Crippen molar-refractivity contribution >= 4 is 5.91 Å². The van der Waals surface area contributed by atoms with Crippen LogP contribution in [0.5, 0.6) is 11.5 Å². The summed E-state index contributed by atoms with van der Waals surface area (Å²) in [7, 11) is 2.50. The highest BCUT2D eigenvalue weighted by molar-refractivity contribution is 5.89. The molecule has 2 aromatic rings. The van der Waals surface area contributed by atoms with E-state index in [1.807, 2.05) is 48.5 Å². The van der Waals surface area contributed by atoms with E-state index in [1.54, 1.807) is 0 Å². The number of carbonyl (C=O) groups is 1. The van der Waals surface area contributed by atoms with E-state index in [1.165, 1.54) is 62.6 Å². The topological polar surface area (TPSA) is 38.3 Å². The molecule has 5 fully saturated rings. The van der Waals surface area contributed by atoms with E-state index >= 15 is 0 Å². The molecule has 4 saturated carbocycles. The molecule has 4 aliphatic carbocycles. The molecule has 4 heteroatoms. The number of ether oxygens (including phenoxy) is 1. The lowest BCUT2D eigenvalue weighted by Crippen LogP contribution is -2.61. The zero-order valence-corrected chi connectivity index (χ0v) is 21.0. The Balaban J connectivity index is 1.03. The second-order valence-corrected chi connectivity index (χ2v) is 13.0. The second kappa shape index (κ2) is 8.09. The highest BCUT2D eigenvalue weighted by Gasteiger charge is 2.54. The van der Waals surface area contributed by atoms with E-state index in [4.69, 9.17) is 4.74 Å². The summed E-state index contributed by atoms with van der Waals surface area (Å²) in [6.07, 6.45) is 11.2. The van der Waals surface area contributed by atoms with Crippen LogP contribution in [0, 0.1) is 23.2 Å². The fourth-order valence-electron chi connectivity index (χ4n) is 9.26. The number of quaternary nitrogens is 1. The van der Waals surface area contributed by atoms with Crippen LogP contribution in [0.25, 0.3) is 0 Å². The van der Waals surface area contributed by atoms with Crippen LogP contribution in [-0.2, 0) is 4.79 Å². The molecular weight excluding hydrogens is 432 g/mol. The van der Waals surface area contributed by atoms with Crippen LogP contribution < -0.4 is 10.1 Å². The van der Waals surface area contributed by atoms with Crippen LogP contribution in [0.1, 0.15) is 68.4 Å². The molecule has 6 aliphatic rings. The van der Waals surface area contributed by atoms with Crippen molar-refractivity contribution in [1.29, 1.82) is 0 Å². The van der Waals surface area contributed by atoms with Crippen molar-refractivity contribution in [1.82, 2.24) is 5.32 Å². The maximum atomic E-state index is 13.7. The van der Waals surface area contributed by atoms with Gasteiger partial charge in [-0.1, -0.05) is 36.4 Å². The van der Waals surface area contributed by atoms with Crippen LogP contribution in [0.15, 0.2) is 48.5 Å². The number of para-hydroxylation sites is 2. The summed E-state index contributed by atoms with van der Waals surface area (Å²) in [6, 6.07) is 16.3. The number of rotatable bonds is 4. The minimum atomic E-state index is -0.300. The Hall–Kier alpha value is -2.33. The molecule has 0 radical (unpaired) electrons. The lowest BCUT2D eigenvalue weighted by molar-refractivity contribution is -0.921. The minimum absolute atomic E-state index is 0.121. The number of fused-ring (bicyclic) bond motifs is 2. The fraction of sp³-hybridized carbons (Fsp3) is 0.581. The van der Waals surface area contributed by atoms with Gasteiger partial charge in [-0.3, -0.25) is 4.79 Å². The molecule has 0 spiro atoms. The molecule has 2 heterocycles. The normalized spacial score (nSPS) is 37.3. The standard InChI is InChI=1S/C31H38N2O2/c1-33(20-31-17-21-14-22(18-31)16-23(15-21)19-31)12-10-24(11-13-33)32-30(34)29-25-6-2-4-8-27(25)35-28-9-5-3-7-26(28)29/h2-9,21-24,29H,10-20H2,1H3/p+1. The zero-order chi connectivity index (χ0) is 23.6. The Bertz CT molecular complexity index is 1050. The van der Waals surface area contributed by atoms with Crippen LogP contribution >= 0.6 is 0 Å². The molecule has 4 bridgehead atoms. The average Bonchev–Trinajstić information content (AvgIpc) is 2.82. The number of benzene rings is 2. The fourth-order valence-corrected chi connectivity index (χ4v) is 9.26. The summed E-state index contributed by atoms with van der Waals surface area (Å²) in [4.78, 5) is 13.7. The first kappa shape index (κ1) is 21.9. The predicted octanol–water partition coefficient (Wildman–Crippen LogP) is 5.87. The summed E-state index contributed by atoms with van der Waals surface area (Å²) in [5.74, 6) is 4.49. The SMILES string of the molecule is C[N+]1(CC23CC4CC(CC(C4)C2)C3)CCC(NC(=O)C2c3ccccc3Oc3ccccc32)CC1. The van der Waals surface area contributed by atoms with Crippen molar-refractivity contribution in [3.63, 3.8) is 0 Å². The highest BCUT2D eigenvalue weighted by Crippen LogP contribution is 2.60. The van der Waals surface area contributed by atoms with Gasteiger partial charge in [-0.25, -0.2) is 0 Å². The quantitative estimate of drug-likeness (QED) is 0.567. The first-order valence-electron chi connectivity index (χ1n) is 14.0. The molecule has 35 heavy (non-hydrogen) atoms. The van der Waals surface area contributed by atoms with Crippen molar-refractivity contribution in [3.8, 4) is 11.5 Å². The van der Waals surface area contributed by atoms with Crippen LogP contribution in [0.2, 0.25) is 0 Å². The van der Waals surface area contributed by atoms with Gasteiger partial charge in [-0.15, -0.1) is 0 Å². The molecule has 1 saturated heterocycles. The van der Waals surface area contributed by atoms with Crippen molar-refractivity contribution < 1.29 is 14.0 Å². The third kappa shape index (κ3) is 3.89. The van der Waals surface area contributed by atoms with Crippen molar-refractivity contribution in [2.75, 3.05) is 26.7 Å². The zero-order valence-electron chi connectivity index (χ0n) is 21.0. The van der Waals surface area contributed by atoms with E-state index < -0.39 is 0 Å². The van der Waals surface area contributed by atoms with Gasteiger partial charge in [0, 0.05) is 35.4 Å². The number of hydrogen-bond acceptors (Lipinski definition) is 2. The molecule has 2 aromatic carbocycles. The summed E-state index contributed by atoms with van der Waals surface area (Å²) in [5, 5.41) is 3.46. The number of piperidine rings is 1. The third-order valence-electron chi connectivity index (χ3n) is 10.2. The summed E-state index contributed by atoms with van der Waals surface area (Å²) in [5.41, 5.74) is 2.57. The van der Waals surface area contributed by atoms with Gasteiger partial charge in [0.25, 0.3) is 0 Å². The highest BCUT2D eigenvalue weighted by atomic mass is 16.5. The number of nitrogens with one attached hydrogen (secondary N) is 1. The van der Waals surface area contributed by atoms with Gasteiger partial charge in [0.05, 0.1) is 32.6 Å². The second-order valence-electron chi connectivity index (χ2n) is 13.0. The average molecular weight is 472 g/mol.